The van der Waals surface area contributed by atoms with Gasteiger partial charge in [-0.25, -0.2) is 4.79 Å². The zero-order valence-corrected chi connectivity index (χ0v) is 12.7. The minimum absolute atomic E-state index is 0.0280. The first-order valence-corrected chi connectivity index (χ1v) is 7.45. The molecule has 1 aliphatic heterocycles. The van der Waals surface area contributed by atoms with Gasteiger partial charge in [-0.15, -0.1) is 0 Å². The lowest BCUT2D eigenvalue weighted by atomic mass is 10.2. The van der Waals surface area contributed by atoms with Crippen molar-refractivity contribution in [2.45, 2.75) is 39.8 Å². The molecule has 1 aromatic rings. The average molecular weight is 279 g/mol. The first kappa shape index (κ1) is 14.9. The molecule has 0 saturated carbocycles. The third-order valence-corrected chi connectivity index (χ3v) is 4.18. The van der Waals surface area contributed by atoms with Gasteiger partial charge < -0.3 is 14.6 Å². The van der Waals surface area contributed by atoms with Crippen molar-refractivity contribution in [1.29, 1.82) is 0 Å². The highest BCUT2D eigenvalue weighted by Gasteiger charge is 2.28. The smallest absolute Gasteiger partial charge is 0.317 e. The highest BCUT2D eigenvalue weighted by molar-refractivity contribution is 5.74. The number of likely N-dealkylation sites (tertiary alicyclic amines) is 1. The maximum Gasteiger partial charge on any atom is 0.317 e. The Morgan fingerprint density at radius 3 is 2.85 bits per heavy atom. The van der Waals surface area contributed by atoms with Crippen LogP contribution in [-0.2, 0) is 6.54 Å². The van der Waals surface area contributed by atoms with Crippen molar-refractivity contribution < 1.29 is 9.21 Å². The summed E-state index contributed by atoms with van der Waals surface area (Å²) in [6, 6.07) is 2.44. The summed E-state index contributed by atoms with van der Waals surface area (Å²) >= 11 is 0. The molecule has 1 fully saturated rings. The zero-order valence-electron chi connectivity index (χ0n) is 12.7. The second kappa shape index (κ2) is 6.79. The van der Waals surface area contributed by atoms with Crippen LogP contribution in [0, 0.1) is 6.92 Å². The van der Waals surface area contributed by atoms with E-state index in [9.17, 15) is 4.79 Å². The first-order chi connectivity index (χ1) is 9.65. The predicted octanol–water partition coefficient (Wildman–Crippen LogP) is 2.21. The van der Waals surface area contributed by atoms with Crippen LogP contribution in [0.15, 0.2) is 16.7 Å². The molecule has 1 aromatic heterocycles. The molecule has 2 amide bonds. The number of carbonyl (C=O) groups excluding carboxylic acids is 1. The second-order valence-electron chi connectivity index (χ2n) is 5.27. The summed E-state index contributed by atoms with van der Waals surface area (Å²) < 4.78 is 5.23. The fraction of sp³-hybridized carbons (Fsp3) is 0.667. The van der Waals surface area contributed by atoms with E-state index in [1.54, 1.807) is 6.26 Å². The normalized spacial score (nSPS) is 18.8. The van der Waals surface area contributed by atoms with Gasteiger partial charge in [-0.2, -0.15) is 0 Å². The van der Waals surface area contributed by atoms with E-state index in [-0.39, 0.29) is 6.03 Å². The van der Waals surface area contributed by atoms with Gasteiger partial charge in [-0.3, -0.25) is 4.90 Å². The van der Waals surface area contributed by atoms with E-state index in [0.29, 0.717) is 12.6 Å². The maximum absolute atomic E-state index is 12.2. The van der Waals surface area contributed by atoms with Gasteiger partial charge >= 0.3 is 6.03 Å². The quantitative estimate of drug-likeness (QED) is 0.899. The minimum Gasteiger partial charge on any atom is -0.469 e. The van der Waals surface area contributed by atoms with E-state index in [2.05, 4.69) is 24.1 Å². The Morgan fingerprint density at radius 2 is 2.25 bits per heavy atom. The van der Waals surface area contributed by atoms with Gasteiger partial charge in [-0.1, -0.05) is 13.8 Å². The number of furan rings is 1. The van der Waals surface area contributed by atoms with Gasteiger partial charge in [0.1, 0.15) is 5.76 Å². The predicted molar refractivity (Wildman–Crippen MR) is 78.6 cm³/mol. The topological polar surface area (TPSA) is 48.7 Å². The zero-order chi connectivity index (χ0) is 14.5. The van der Waals surface area contributed by atoms with Gasteiger partial charge in [0, 0.05) is 31.2 Å². The number of urea groups is 1. The van der Waals surface area contributed by atoms with E-state index < -0.39 is 0 Å². The molecule has 20 heavy (non-hydrogen) atoms. The van der Waals surface area contributed by atoms with E-state index >= 15 is 0 Å². The van der Waals surface area contributed by atoms with Crippen molar-refractivity contribution in [3.8, 4) is 0 Å². The van der Waals surface area contributed by atoms with Gasteiger partial charge in [0.2, 0.25) is 0 Å². The van der Waals surface area contributed by atoms with Crippen LogP contribution in [-0.4, -0.2) is 48.1 Å². The minimum atomic E-state index is 0.0280. The molecule has 0 bridgehead atoms. The molecule has 2 heterocycles. The molecule has 0 unspecified atom stereocenters. The molecule has 5 nitrogen and oxygen atoms in total. The Labute approximate surface area is 120 Å². The fourth-order valence-corrected chi connectivity index (χ4v) is 2.84. The summed E-state index contributed by atoms with van der Waals surface area (Å²) in [5.41, 5.74) is 1.04. The SMILES string of the molecule is CCN(CC)[C@H]1CCN(C(=O)NCc2ccoc2C)C1. The summed E-state index contributed by atoms with van der Waals surface area (Å²) in [6.07, 6.45) is 2.73. The van der Waals surface area contributed by atoms with Crippen LogP contribution >= 0.6 is 0 Å². The van der Waals surface area contributed by atoms with Crippen LogP contribution in [0.1, 0.15) is 31.6 Å². The maximum atomic E-state index is 12.2. The Morgan fingerprint density at radius 1 is 1.50 bits per heavy atom. The molecule has 1 atom stereocenters. The lowest BCUT2D eigenvalue weighted by molar-refractivity contribution is 0.192. The van der Waals surface area contributed by atoms with Crippen LogP contribution in [0.5, 0.6) is 0 Å². The second-order valence-corrected chi connectivity index (χ2v) is 5.27. The summed E-state index contributed by atoms with van der Waals surface area (Å²) in [4.78, 5) is 16.5. The van der Waals surface area contributed by atoms with Crippen molar-refractivity contribution in [1.82, 2.24) is 15.1 Å². The first-order valence-electron chi connectivity index (χ1n) is 7.45. The Kier molecular flexibility index (Phi) is 5.06. The van der Waals surface area contributed by atoms with Gasteiger partial charge in [0.15, 0.2) is 0 Å². The molecule has 112 valence electrons. The molecular weight excluding hydrogens is 254 g/mol. The molecule has 0 spiro atoms. The Balaban J connectivity index is 1.81. The van der Waals surface area contributed by atoms with Gasteiger partial charge in [0.05, 0.1) is 6.26 Å². The number of nitrogens with one attached hydrogen (secondary N) is 1. The standard InChI is InChI=1S/C15H25N3O2/c1-4-17(5-2)14-6-8-18(11-14)15(19)16-10-13-7-9-20-12(13)3/h7,9,14H,4-6,8,10-11H2,1-3H3,(H,16,19)/t14-/m0/s1. The van der Waals surface area contributed by atoms with Crippen molar-refractivity contribution >= 4 is 6.03 Å². The third-order valence-electron chi connectivity index (χ3n) is 4.18. The van der Waals surface area contributed by atoms with E-state index in [4.69, 9.17) is 4.42 Å². The number of hydrogen-bond donors (Lipinski definition) is 1. The summed E-state index contributed by atoms with van der Waals surface area (Å²) in [5, 5.41) is 2.97. The summed E-state index contributed by atoms with van der Waals surface area (Å²) in [5.74, 6) is 0.868. The van der Waals surface area contributed by atoms with Crippen molar-refractivity contribution in [2.24, 2.45) is 0 Å². The largest absolute Gasteiger partial charge is 0.469 e. The molecule has 0 aromatic carbocycles. The third kappa shape index (κ3) is 3.33. The number of aryl methyl sites for hydroxylation is 1. The molecule has 1 saturated heterocycles. The van der Waals surface area contributed by atoms with Crippen LogP contribution in [0.3, 0.4) is 0 Å². The van der Waals surface area contributed by atoms with Crippen LogP contribution in [0.2, 0.25) is 0 Å². The van der Waals surface area contributed by atoms with Crippen LogP contribution in [0.4, 0.5) is 4.79 Å². The molecule has 0 radical (unpaired) electrons. The molecule has 1 N–H and O–H groups in total. The number of amides is 2. The van der Waals surface area contributed by atoms with Crippen LogP contribution < -0.4 is 5.32 Å². The molecule has 2 rings (SSSR count). The molecule has 5 heteroatoms. The van der Waals surface area contributed by atoms with E-state index in [0.717, 1.165) is 43.9 Å². The van der Waals surface area contributed by atoms with Crippen LogP contribution in [0.25, 0.3) is 0 Å². The molecule has 1 aliphatic rings. The Bertz CT molecular complexity index is 440. The van der Waals surface area contributed by atoms with Crippen molar-refractivity contribution in [3.63, 3.8) is 0 Å². The number of hydrogen-bond acceptors (Lipinski definition) is 3. The van der Waals surface area contributed by atoms with Crippen molar-refractivity contribution in [3.05, 3.63) is 23.7 Å². The number of likely N-dealkylation sites (N-methyl/N-ethyl adjacent to an activating group) is 1. The molecular formula is C15H25N3O2. The number of rotatable bonds is 5. The number of carbonyl (C=O) groups is 1. The monoisotopic (exact) mass is 279 g/mol. The van der Waals surface area contributed by atoms with Crippen molar-refractivity contribution in [2.75, 3.05) is 26.2 Å². The summed E-state index contributed by atoms with van der Waals surface area (Å²) in [6.45, 7) is 10.6. The van der Waals surface area contributed by atoms with Gasteiger partial charge in [0.25, 0.3) is 0 Å². The van der Waals surface area contributed by atoms with E-state index in [1.165, 1.54) is 0 Å². The van der Waals surface area contributed by atoms with E-state index in [1.807, 2.05) is 17.9 Å². The lowest BCUT2D eigenvalue weighted by Gasteiger charge is -2.26. The Hall–Kier alpha value is -1.49. The number of nitrogens with zero attached hydrogens (tertiary/aromatic N) is 2. The highest BCUT2D eigenvalue weighted by Crippen LogP contribution is 2.15. The fourth-order valence-electron chi connectivity index (χ4n) is 2.84. The highest BCUT2D eigenvalue weighted by atomic mass is 16.3. The summed E-state index contributed by atoms with van der Waals surface area (Å²) in [7, 11) is 0. The average Bonchev–Trinajstić information content (AvgIpc) is 3.07. The van der Waals surface area contributed by atoms with Gasteiger partial charge in [-0.05, 0) is 32.5 Å². The lowest BCUT2D eigenvalue weighted by Crippen LogP contribution is -2.42. The molecule has 0 aliphatic carbocycles.